The lowest BCUT2D eigenvalue weighted by atomic mass is 9.97. The summed E-state index contributed by atoms with van der Waals surface area (Å²) < 4.78 is 1.89. The maximum atomic E-state index is 12.3. The van der Waals surface area contributed by atoms with Crippen molar-refractivity contribution < 1.29 is 4.79 Å². The summed E-state index contributed by atoms with van der Waals surface area (Å²) in [4.78, 5) is 12.3. The molecule has 3 N–H and O–H groups in total. The molecule has 1 fully saturated rings. The molecule has 1 unspecified atom stereocenters. The molecule has 2 rings (SSSR count). The van der Waals surface area contributed by atoms with E-state index in [2.05, 4.69) is 17.3 Å². The third-order valence-electron chi connectivity index (χ3n) is 4.49. The molecule has 0 bridgehead atoms. The minimum absolute atomic E-state index is 0. The average Bonchev–Trinajstić information content (AvgIpc) is 2.91. The predicted octanol–water partition coefficient (Wildman–Crippen LogP) is 1.78. The summed E-state index contributed by atoms with van der Waals surface area (Å²) in [5, 5.41) is 7.49. The Morgan fingerprint density at radius 2 is 2.00 bits per heavy atom. The number of aromatic nitrogens is 2. The molecule has 0 saturated heterocycles. The summed E-state index contributed by atoms with van der Waals surface area (Å²) in [5.41, 5.74) is 8.95. The third kappa shape index (κ3) is 3.77. The largest absolute Gasteiger partial charge is 0.352 e. The molecular weight excluding hydrogens is 288 g/mol. The van der Waals surface area contributed by atoms with Gasteiger partial charge in [0, 0.05) is 18.8 Å². The Bertz CT molecular complexity index is 506. The van der Waals surface area contributed by atoms with Gasteiger partial charge in [-0.15, -0.1) is 12.4 Å². The van der Waals surface area contributed by atoms with Crippen molar-refractivity contribution in [2.24, 2.45) is 12.8 Å². The number of hydrogen-bond donors (Lipinski definition) is 2. The number of nitrogens with one attached hydrogen (secondary N) is 1. The Hall–Kier alpha value is -1.07. The van der Waals surface area contributed by atoms with Crippen LogP contribution >= 0.6 is 12.4 Å². The molecule has 1 amide bonds. The number of amides is 1. The van der Waals surface area contributed by atoms with Crippen molar-refractivity contribution in [2.75, 3.05) is 0 Å². The van der Waals surface area contributed by atoms with Gasteiger partial charge in [0.2, 0.25) is 5.91 Å². The maximum absolute atomic E-state index is 12.3. The second kappa shape index (κ2) is 6.79. The standard InChI is InChI=1S/C15H26N4O.ClH/c1-10(9-13-11(2)18-19(4)12(13)3)17-14(20)15(16)7-5-6-8-15;/h10H,5-9,16H2,1-4H3,(H,17,20);1H. The van der Waals surface area contributed by atoms with Crippen molar-refractivity contribution in [2.45, 2.75) is 64.5 Å². The van der Waals surface area contributed by atoms with Gasteiger partial charge in [0.25, 0.3) is 0 Å². The fourth-order valence-corrected chi connectivity index (χ4v) is 3.07. The highest BCUT2D eigenvalue weighted by atomic mass is 35.5. The summed E-state index contributed by atoms with van der Waals surface area (Å²) in [6, 6.07) is 0.0742. The van der Waals surface area contributed by atoms with E-state index in [1.54, 1.807) is 0 Å². The molecule has 0 aliphatic heterocycles. The van der Waals surface area contributed by atoms with Gasteiger partial charge in [-0.3, -0.25) is 9.48 Å². The topological polar surface area (TPSA) is 72.9 Å². The number of hydrogen-bond acceptors (Lipinski definition) is 3. The van der Waals surface area contributed by atoms with Gasteiger partial charge in [-0.25, -0.2) is 0 Å². The van der Waals surface area contributed by atoms with Crippen LogP contribution in [-0.2, 0) is 18.3 Å². The Balaban J connectivity index is 0.00000220. The Labute approximate surface area is 133 Å². The normalized spacial score (nSPS) is 18.1. The second-order valence-electron chi connectivity index (χ2n) is 6.21. The van der Waals surface area contributed by atoms with E-state index in [1.165, 1.54) is 5.56 Å². The van der Waals surface area contributed by atoms with Crippen molar-refractivity contribution in [3.63, 3.8) is 0 Å². The molecule has 1 saturated carbocycles. The first kappa shape index (κ1) is 18.0. The van der Waals surface area contributed by atoms with E-state index in [0.717, 1.165) is 43.5 Å². The van der Waals surface area contributed by atoms with Crippen molar-refractivity contribution in [3.05, 3.63) is 17.0 Å². The van der Waals surface area contributed by atoms with E-state index >= 15 is 0 Å². The first-order valence-corrected chi connectivity index (χ1v) is 7.42. The Morgan fingerprint density at radius 3 is 2.48 bits per heavy atom. The number of rotatable bonds is 4. The number of aryl methyl sites for hydroxylation is 2. The van der Waals surface area contributed by atoms with Crippen LogP contribution in [0.1, 0.15) is 49.6 Å². The van der Waals surface area contributed by atoms with Crippen molar-refractivity contribution in [1.29, 1.82) is 0 Å². The summed E-state index contributed by atoms with van der Waals surface area (Å²) in [7, 11) is 1.95. The zero-order valence-electron chi connectivity index (χ0n) is 13.4. The Kier molecular flexibility index (Phi) is 5.82. The first-order chi connectivity index (χ1) is 9.33. The first-order valence-electron chi connectivity index (χ1n) is 7.42. The molecule has 1 heterocycles. The highest BCUT2D eigenvalue weighted by Gasteiger charge is 2.37. The number of carbonyl (C=O) groups excluding carboxylic acids is 1. The van der Waals surface area contributed by atoms with Crippen LogP contribution in [-0.4, -0.2) is 27.3 Å². The highest BCUT2D eigenvalue weighted by molar-refractivity contribution is 5.86. The summed E-state index contributed by atoms with van der Waals surface area (Å²) in [6.07, 6.45) is 4.51. The molecule has 5 nitrogen and oxygen atoms in total. The van der Waals surface area contributed by atoms with E-state index in [9.17, 15) is 4.79 Å². The molecule has 1 aromatic heterocycles. The van der Waals surface area contributed by atoms with Crippen LogP contribution in [0, 0.1) is 13.8 Å². The molecule has 1 aliphatic carbocycles. The molecule has 0 aromatic carbocycles. The van der Waals surface area contributed by atoms with Crippen molar-refractivity contribution >= 4 is 18.3 Å². The van der Waals surface area contributed by atoms with Crippen LogP contribution in [0.3, 0.4) is 0 Å². The van der Waals surface area contributed by atoms with E-state index < -0.39 is 5.54 Å². The smallest absolute Gasteiger partial charge is 0.240 e. The average molecular weight is 315 g/mol. The van der Waals surface area contributed by atoms with Crippen LogP contribution in [0.4, 0.5) is 0 Å². The summed E-state index contributed by atoms with van der Waals surface area (Å²) >= 11 is 0. The minimum atomic E-state index is -0.646. The third-order valence-corrected chi connectivity index (χ3v) is 4.49. The van der Waals surface area contributed by atoms with Crippen molar-refractivity contribution in [3.8, 4) is 0 Å². The molecular formula is C15H27ClN4O. The molecule has 120 valence electrons. The van der Waals surface area contributed by atoms with Gasteiger partial charge < -0.3 is 11.1 Å². The molecule has 1 aromatic rings. The van der Waals surface area contributed by atoms with Gasteiger partial charge in [-0.1, -0.05) is 12.8 Å². The van der Waals surface area contributed by atoms with E-state index in [0.29, 0.717) is 0 Å². The molecule has 21 heavy (non-hydrogen) atoms. The van der Waals surface area contributed by atoms with E-state index in [-0.39, 0.29) is 24.4 Å². The highest BCUT2D eigenvalue weighted by Crippen LogP contribution is 2.27. The maximum Gasteiger partial charge on any atom is 0.240 e. The number of nitrogens with zero attached hydrogens (tertiary/aromatic N) is 2. The van der Waals surface area contributed by atoms with Crippen LogP contribution in [0.15, 0.2) is 0 Å². The molecule has 1 atom stereocenters. The SMILES string of the molecule is Cc1nn(C)c(C)c1CC(C)NC(=O)C1(N)CCCC1.Cl. The minimum Gasteiger partial charge on any atom is -0.352 e. The van der Waals surface area contributed by atoms with Crippen LogP contribution < -0.4 is 11.1 Å². The number of halogens is 1. The lowest BCUT2D eigenvalue weighted by Gasteiger charge is -2.25. The second-order valence-corrected chi connectivity index (χ2v) is 6.21. The zero-order chi connectivity index (χ0) is 14.9. The number of carbonyl (C=O) groups is 1. The predicted molar refractivity (Wildman–Crippen MR) is 86.6 cm³/mol. The van der Waals surface area contributed by atoms with Crippen LogP contribution in [0.25, 0.3) is 0 Å². The molecule has 1 aliphatic rings. The monoisotopic (exact) mass is 314 g/mol. The van der Waals surface area contributed by atoms with Gasteiger partial charge >= 0.3 is 0 Å². The van der Waals surface area contributed by atoms with Crippen molar-refractivity contribution in [1.82, 2.24) is 15.1 Å². The van der Waals surface area contributed by atoms with Gasteiger partial charge in [-0.2, -0.15) is 5.10 Å². The van der Waals surface area contributed by atoms with Gasteiger partial charge in [0.1, 0.15) is 0 Å². The lowest BCUT2D eigenvalue weighted by Crippen LogP contribution is -2.54. The van der Waals surface area contributed by atoms with E-state index in [1.807, 2.05) is 25.6 Å². The molecule has 0 radical (unpaired) electrons. The van der Waals surface area contributed by atoms with Gasteiger partial charge in [-0.05, 0) is 45.6 Å². The van der Waals surface area contributed by atoms with Gasteiger partial charge in [0.05, 0.1) is 11.2 Å². The molecule has 0 spiro atoms. The quantitative estimate of drug-likeness (QED) is 0.889. The van der Waals surface area contributed by atoms with E-state index in [4.69, 9.17) is 5.73 Å². The van der Waals surface area contributed by atoms with Gasteiger partial charge in [0.15, 0.2) is 0 Å². The summed E-state index contributed by atoms with van der Waals surface area (Å²) in [6.45, 7) is 6.10. The molecule has 6 heteroatoms. The fourth-order valence-electron chi connectivity index (χ4n) is 3.07. The number of nitrogens with two attached hydrogens (primary N) is 1. The summed E-state index contributed by atoms with van der Waals surface area (Å²) in [5.74, 6) is 0.00157. The fraction of sp³-hybridized carbons (Fsp3) is 0.733. The Morgan fingerprint density at radius 1 is 1.43 bits per heavy atom. The van der Waals surface area contributed by atoms with Crippen LogP contribution in [0.5, 0.6) is 0 Å². The van der Waals surface area contributed by atoms with Crippen LogP contribution in [0.2, 0.25) is 0 Å². The lowest BCUT2D eigenvalue weighted by molar-refractivity contribution is -0.126. The zero-order valence-corrected chi connectivity index (χ0v) is 14.2.